The predicted molar refractivity (Wildman–Crippen MR) is 89.6 cm³/mol. The lowest BCUT2D eigenvalue weighted by Gasteiger charge is -2.16. The largest absolute Gasteiger partial charge is 0.465 e. The van der Waals surface area contributed by atoms with Crippen LogP contribution in [0.25, 0.3) is 10.9 Å². The lowest BCUT2D eigenvalue weighted by atomic mass is 10.1. The first kappa shape index (κ1) is 18.9. The molecule has 0 spiro atoms. The van der Waals surface area contributed by atoms with Crippen molar-refractivity contribution >= 4 is 28.7 Å². The van der Waals surface area contributed by atoms with Crippen LogP contribution in [0.5, 0.6) is 5.75 Å². The number of carbonyl (C=O) groups excluding carboxylic acids is 2. The van der Waals surface area contributed by atoms with E-state index < -0.39 is 23.8 Å². The predicted octanol–water partition coefficient (Wildman–Crippen LogP) is 2.11. The van der Waals surface area contributed by atoms with E-state index in [9.17, 15) is 19.7 Å². The molecule has 0 saturated heterocycles. The van der Waals surface area contributed by atoms with Gasteiger partial charge in [-0.25, -0.2) is 4.79 Å². The van der Waals surface area contributed by atoms with Crippen LogP contribution in [0.15, 0.2) is 30.5 Å². The minimum atomic E-state index is -0.780. The number of esters is 1. The fourth-order valence-corrected chi connectivity index (χ4v) is 2.13. The van der Waals surface area contributed by atoms with E-state index in [2.05, 4.69) is 4.98 Å². The molecule has 1 aromatic carbocycles. The van der Waals surface area contributed by atoms with Crippen LogP contribution in [-0.2, 0) is 14.3 Å². The monoisotopic (exact) mass is 363 g/mol. The summed E-state index contributed by atoms with van der Waals surface area (Å²) in [5.74, 6) is -0.328. The van der Waals surface area contributed by atoms with Crippen LogP contribution >= 0.6 is 0 Å². The molecule has 0 fully saturated rings. The van der Waals surface area contributed by atoms with Crippen LogP contribution in [0.3, 0.4) is 0 Å². The van der Waals surface area contributed by atoms with Crippen LogP contribution < -0.4 is 4.74 Å². The van der Waals surface area contributed by atoms with Crippen molar-refractivity contribution in [3.8, 4) is 5.75 Å². The highest BCUT2D eigenvalue weighted by Crippen LogP contribution is 2.31. The number of rotatable bonds is 7. The molecule has 0 aliphatic rings. The number of nitrogens with zero attached hydrogens (tertiary/aromatic N) is 3. The molecule has 1 heterocycles. The van der Waals surface area contributed by atoms with Gasteiger partial charge in [-0.1, -0.05) is 0 Å². The molecule has 10 nitrogen and oxygen atoms in total. The van der Waals surface area contributed by atoms with E-state index in [1.54, 1.807) is 19.1 Å². The van der Waals surface area contributed by atoms with Crippen molar-refractivity contribution in [1.82, 2.24) is 9.88 Å². The van der Waals surface area contributed by atoms with Gasteiger partial charge in [-0.05, 0) is 25.1 Å². The second-order valence-corrected chi connectivity index (χ2v) is 5.07. The fraction of sp³-hybridized carbons (Fsp3) is 0.312. The number of amides is 1. The van der Waals surface area contributed by atoms with Gasteiger partial charge >= 0.3 is 12.1 Å². The second-order valence-electron chi connectivity index (χ2n) is 5.07. The van der Waals surface area contributed by atoms with E-state index in [1.807, 2.05) is 0 Å². The lowest BCUT2D eigenvalue weighted by Crippen LogP contribution is -2.34. The van der Waals surface area contributed by atoms with Gasteiger partial charge in [0.25, 0.3) is 5.69 Å². The smallest absolute Gasteiger partial charge is 0.412 e. The van der Waals surface area contributed by atoms with Crippen LogP contribution in [-0.4, -0.2) is 53.9 Å². The summed E-state index contributed by atoms with van der Waals surface area (Å²) < 4.78 is 15.0. The number of non-ortho nitro benzene ring substituents is 1. The Kier molecular flexibility index (Phi) is 6.25. The van der Waals surface area contributed by atoms with E-state index in [0.29, 0.717) is 5.39 Å². The Morgan fingerprint density at radius 3 is 2.73 bits per heavy atom. The Bertz CT molecular complexity index is 825. The number of hydrogen-bond donors (Lipinski definition) is 0. The van der Waals surface area contributed by atoms with Crippen LogP contribution in [0, 0.1) is 10.1 Å². The summed E-state index contributed by atoms with van der Waals surface area (Å²) in [6.07, 6.45) is 0.690. The first-order valence-electron chi connectivity index (χ1n) is 7.62. The molecule has 0 aliphatic carbocycles. The van der Waals surface area contributed by atoms with Gasteiger partial charge in [0.2, 0.25) is 6.79 Å². The summed E-state index contributed by atoms with van der Waals surface area (Å²) in [7, 11) is 1.38. The molecule has 0 radical (unpaired) electrons. The Hall–Kier alpha value is -3.43. The molecule has 2 rings (SSSR count). The average Bonchev–Trinajstić information content (AvgIpc) is 2.61. The lowest BCUT2D eigenvalue weighted by molar-refractivity contribution is -0.383. The number of aromatic nitrogens is 1. The van der Waals surface area contributed by atoms with E-state index in [-0.39, 0.29) is 30.1 Å². The van der Waals surface area contributed by atoms with Gasteiger partial charge in [0.1, 0.15) is 17.8 Å². The summed E-state index contributed by atoms with van der Waals surface area (Å²) >= 11 is 0. The maximum absolute atomic E-state index is 11.8. The molecule has 0 N–H and O–H groups in total. The fourth-order valence-electron chi connectivity index (χ4n) is 2.13. The van der Waals surface area contributed by atoms with Gasteiger partial charge in [-0.3, -0.25) is 19.9 Å². The van der Waals surface area contributed by atoms with Crippen LogP contribution in [0.4, 0.5) is 10.5 Å². The molecule has 0 aliphatic heterocycles. The molecule has 0 atom stereocenters. The van der Waals surface area contributed by atoms with Crippen molar-refractivity contribution in [2.24, 2.45) is 0 Å². The van der Waals surface area contributed by atoms with E-state index in [4.69, 9.17) is 14.2 Å². The molecular formula is C16H17N3O7. The van der Waals surface area contributed by atoms with Crippen molar-refractivity contribution in [1.29, 1.82) is 0 Å². The molecule has 1 aromatic heterocycles. The molecule has 10 heteroatoms. The van der Waals surface area contributed by atoms with Gasteiger partial charge in [0.15, 0.2) is 0 Å². The summed E-state index contributed by atoms with van der Waals surface area (Å²) in [4.78, 5) is 38.8. The zero-order valence-electron chi connectivity index (χ0n) is 14.2. The molecule has 26 heavy (non-hydrogen) atoms. The molecule has 0 saturated carbocycles. The van der Waals surface area contributed by atoms with Gasteiger partial charge in [0.05, 0.1) is 16.9 Å². The van der Waals surface area contributed by atoms with Crippen LogP contribution in [0.2, 0.25) is 0 Å². The zero-order valence-corrected chi connectivity index (χ0v) is 14.2. The molecular weight excluding hydrogens is 346 g/mol. The molecule has 1 amide bonds. The van der Waals surface area contributed by atoms with Crippen molar-refractivity contribution in [3.05, 3.63) is 40.6 Å². The highest BCUT2D eigenvalue weighted by atomic mass is 16.7. The first-order valence-corrected chi connectivity index (χ1v) is 7.62. The third kappa shape index (κ3) is 4.56. The van der Waals surface area contributed by atoms with E-state index in [1.165, 1.54) is 25.4 Å². The zero-order chi connectivity index (χ0) is 19.1. The Morgan fingerprint density at radius 1 is 1.27 bits per heavy atom. The number of hydrogen-bond acceptors (Lipinski definition) is 8. The summed E-state index contributed by atoms with van der Waals surface area (Å²) in [5, 5.41) is 11.4. The molecule has 2 aromatic rings. The second kappa shape index (κ2) is 8.60. The highest BCUT2D eigenvalue weighted by molar-refractivity contribution is 5.92. The highest BCUT2D eigenvalue weighted by Gasteiger charge is 2.17. The number of likely N-dealkylation sites (N-methyl/N-ethyl adjacent to an activating group) is 1. The number of fused-ring (bicyclic) bond motifs is 1. The van der Waals surface area contributed by atoms with Gasteiger partial charge in [-0.15, -0.1) is 0 Å². The van der Waals surface area contributed by atoms with E-state index in [0.717, 1.165) is 4.90 Å². The SMILES string of the molecule is CCOC(=O)CN(C)C(=O)OCOc1ccc([N+](=O)[O-])c2cccnc12. The van der Waals surface area contributed by atoms with Crippen molar-refractivity contribution < 1.29 is 28.7 Å². The Morgan fingerprint density at radius 2 is 2.04 bits per heavy atom. The Labute approximate surface area is 148 Å². The normalized spacial score (nSPS) is 10.2. The van der Waals surface area contributed by atoms with Crippen molar-refractivity contribution in [3.63, 3.8) is 0 Å². The number of ether oxygens (including phenoxy) is 3. The average molecular weight is 363 g/mol. The quantitative estimate of drug-likeness (QED) is 0.317. The number of pyridine rings is 1. The number of carbonyl (C=O) groups is 2. The van der Waals surface area contributed by atoms with Crippen LogP contribution in [0.1, 0.15) is 6.92 Å². The first-order chi connectivity index (χ1) is 12.4. The summed E-state index contributed by atoms with van der Waals surface area (Å²) in [6.45, 7) is 1.17. The van der Waals surface area contributed by atoms with Crippen molar-refractivity contribution in [2.45, 2.75) is 6.92 Å². The minimum Gasteiger partial charge on any atom is -0.465 e. The summed E-state index contributed by atoms with van der Waals surface area (Å²) in [6, 6.07) is 5.79. The number of benzene rings is 1. The molecule has 0 unspecified atom stereocenters. The Balaban J connectivity index is 2.00. The van der Waals surface area contributed by atoms with Crippen molar-refractivity contribution in [2.75, 3.05) is 27.0 Å². The van der Waals surface area contributed by atoms with Gasteiger partial charge in [0, 0.05) is 19.3 Å². The third-order valence-electron chi connectivity index (χ3n) is 3.29. The topological polar surface area (TPSA) is 121 Å². The number of nitro benzene ring substituents is 1. The van der Waals surface area contributed by atoms with Gasteiger partial charge in [-0.2, -0.15) is 0 Å². The molecule has 0 bridgehead atoms. The van der Waals surface area contributed by atoms with E-state index >= 15 is 0 Å². The number of nitro groups is 1. The minimum absolute atomic E-state index is 0.105. The maximum Gasteiger partial charge on any atom is 0.412 e. The standard InChI is InChI=1S/C16H17N3O7/c1-3-24-14(20)9-18(2)16(21)26-10-25-13-7-6-12(19(22)23)11-5-4-8-17-15(11)13/h4-8H,3,9-10H2,1-2H3. The maximum atomic E-state index is 11.8. The van der Waals surface area contributed by atoms with Gasteiger partial charge < -0.3 is 19.1 Å². The summed E-state index contributed by atoms with van der Waals surface area (Å²) in [5.41, 5.74) is 0.171. The third-order valence-corrected chi connectivity index (χ3v) is 3.29. The molecule has 138 valence electrons.